The molecule has 0 amide bonds. The zero-order chi connectivity index (χ0) is 15.6. The topological polar surface area (TPSA) is 96.9 Å². The van der Waals surface area contributed by atoms with Crippen molar-refractivity contribution in [3.63, 3.8) is 0 Å². The summed E-state index contributed by atoms with van der Waals surface area (Å²) in [6.45, 7) is 4.82. The summed E-state index contributed by atoms with van der Waals surface area (Å²) < 4.78 is 26.7. The fourth-order valence-electron chi connectivity index (χ4n) is 1.38. The maximum atomic E-state index is 11.1. The van der Waals surface area contributed by atoms with Gasteiger partial charge in [-0.05, 0) is 20.3 Å². The van der Waals surface area contributed by atoms with Gasteiger partial charge in [-0.15, -0.1) is 24.0 Å². The van der Waals surface area contributed by atoms with Crippen molar-refractivity contribution in [2.75, 3.05) is 32.2 Å². The first-order valence-corrected chi connectivity index (χ1v) is 8.64. The Bertz CT molecular complexity index is 426. The Balaban J connectivity index is 0. The molecule has 0 rings (SSSR count). The van der Waals surface area contributed by atoms with Gasteiger partial charge in [-0.25, -0.2) is 8.42 Å². The van der Waals surface area contributed by atoms with E-state index in [1.54, 1.807) is 0 Å². The highest BCUT2D eigenvalue weighted by molar-refractivity contribution is 14.0. The largest absolute Gasteiger partial charge is 0.469 e. The average Bonchev–Trinajstić information content (AvgIpc) is 2.35. The molecule has 7 nitrogen and oxygen atoms in total. The number of methoxy groups -OCH3 is 1. The van der Waals surface area contributed by atoms with Crippen molar-refractivity contribution in [2.24, 2.45) is 4.99 Å². The number of esters is 1. The molecular weight excluding hydrogens is 409 g/mol. The first kappa shape index (κ1) is 22.7. The number of nitrogens with zero attached hydrogens (tertiary/aromatic N) is 1. The second-order valence-electron chi connectivity index (χ2n) is 4.55. The molecule has 0 saturated carbocycles. The monoisotopic (exact) mass is 435 g/mol. The van der Waals surface area contributed by atoms with Crippen LogP contribution in [0.3, 0.4) is 0 Å². The number of carbonyl (C=O) groups excluding carboxylic acids is 1. The van der Waals surface area contributed by atoms with Crippen LogP contribution in [0.5, 0.6) is 0 Å². The minimum absolute atomic E-state index is 0. The third kappa shape index (κ3) is 14.1. The molecule has 0 saturated heterocycles. The smallest absolute Gasteiger partial charge is 0.307 e. The Labute approximate surface area is 144 Å². The van der Waals surface area contributed by atoms with E-state index in [1.165, 1.54) is 13.4 Å². The van der Waals surface area contributed by atoms with E-state index in [4.69, 9.17) is 0 Å². The first-order valence-electron chi connectivity index (χ1n) is 6.58. The van der Waals surface area contributed by atoms with E-state index in [9.17, 15) is 13.2 Å². The molecule has 2 N–H and O–H groups in total. The van der Waals surface area contributed by atoms with E-state index < -0.39 is 9.84 Å². The Morgan fingerprint density at radius 3 is 2.48 bits per heavy atom. The van der Waals surface area contributed by atoms with Crippen molar-refractivity contribution < 1.29 is 17.9 Å². The normalized spacial score (nSPS) is 13.0. The lowest BCUT2D eigenvalue weighted by molar-refractivity contribution is -0.140. The number of rotatable bonds is 8. The van der Waals surface area contributed by atoms with Crippen LogP contribution in [0.2, 0.25) is 0 Å². The summed E-state index contributed by atoms with van der Waals surface area (Å²) in [6, 6.07) is -0.0272. The van der Waals surface area contributed by atoms with E-state index in [1.807, 2.05) is 13.8 Å². The quantitative estimate of drug-likeness (QED) is 0.250. The molecule has 0 fully saturated rings. The molecule has 0 aliphatic carbocycles. The van der Waals surface area contributed by atoms with Crippen LogP contribution in [-0.4, -0.2) is 58.6 Å². The maximum Gasteiger partial charge on any atom is 0.307 e. The predicted octanol–water partition coefficient (Wildman–Crippen LogP) is 0.546. The number of guanidine groups is 1. The number of ether oxygens (including phenoxy) is 1. The summed E-state index contributed by atoms with van der Waals surface area (Å²) in [5.41, 5.74) is 0. The molecule has 1 unspecified atom stereocenters. The van der Waals surface area contributed by atoms with E-state index >= 15 is 0 Å². The molecule has 0 aromatic carbocycles. The molecule has 0 aliphatic rings. The van der Waals surface area contributed by atoms with Gasteiger partial charge in [-0.2, -0.15) is 0 Å². The van der Waals surface area contributed by atoms with Gasteiger partial charge < -0.3 is 15.4 Å². The lowest BCUT2D eigenvalue weighted by Gasteiger charge is -2.17. The van der Waals surface area contributed by atoms with Gasteiger partial charge >= 0.3 is 5.97 Å². The van der Waals surface area contributed by atoms with Gasteiger partial charge in [-0.3, -0.25) is 9.79 Å². The summed E-state index contributed by atoms with van der Waals surface area (Å²) >= 11 is 0. The van der Waals surface area contributed by atoms with Crippen molar-refractivity contribution in [2.45, 2.75) is 32.7 Å². The van der Waals surface area contributed by atoms with Crippen LogP contribution in [-0.2, 0) is 19.4 Å². The number of nitrogens with one attached hydrogen (secondary N) is 2. The average molecular weight is 435 g/mol. The highest BCUT2D eigenvalue weighted by Gasteiger charge is 2.09. The molecule has 0 aromatic heterocycles. The lowest BCUT2D eigenvalue weighted by Crippen LogP contribution is -2.43. The Morgan fingerprint density at radius 1 is 1.38 bits per heavy atom. The summed E-state index contributed by atoms with van der Waals surface area (Å²) in [5.74, 6) is 0.384. The number of sulfone groups is 1. The first-order chi connectivity index (χ1) is 9.28. The third-order valence-corrected chi connectivity index (χ3v) is 3.44. The van der Waals surface area contributed by atoms with Crippen molar-refractivity contribution in [3.05, 3.63) is 0 Å². The number of aliphatic imine (C=N–C) groups is 1. The number of halogens is 1. The molecule has 0 heterocycles. The van der Waals surface area contributed by atoms with Gasteiger partial charge in [0, 0.05) is 18.8 Å². The van der Waals surface area contributed by atoms with Gasteiger partial charge in [-0.1, -0.05) is 0 Å². The van der Waals surface area contributed by atoms with Crippen LogP contribution in [0.1, 0.15) is 26.7 Å². The van der Waals surface area contributed by atoms with Gasteiger partial charge in [0.1, 0.15) is 9.84 Å². The molecule has 0 aromatic rings. The molecule has 9 heteroatoms. The van der Waals surface area contributed by atoms with Crippen molar-refractivity contribution in [3.8, 4) is 0 Å². The van der Waals surface area contributed by atoms with E-state index in [0.29, 0.717) is 25.5 Å². The molecule has 0 radical (unpaired) electrons. The highest BCUT2D eigenvalue weighted by Crippen LogP contribution is 1.95. The Hall–Kier alpha value is -0.580. The van der Waals surface area contributed by atoms with Crippen LogP contribution in [0, 0.1) is 0 Å². The maximum absolute atomic E-state index is 11.1. The summed E-state index contributed by atoms with van der Waals surface area (Å²) in [7, 11) is -1.62. The van der Waals surface area contributed by atoms with Crippen LogP contribution in [0.15, 0.2) is 4.99 Å². The van der Waals surface area contributed by atoms with Gasteiger partial charge in [0.2, 0.25) is 0 Å². The molecule has 1 atom stereocenters. The van der Waals surface area contributed by atoms with Crippen molar-refractivity contribution in [1.29, 1.82) is 0 Å². The number of hydrogen-bond donors (Lipinski definition) is 2. The number of carbonyl (C=O) groups is 1. The van der Waals surface area contributed by atoms with Crippen LogP contribution in [0.4, 0.5) is 0 Å². The zero-order valence-corrected chi connectivity index (χ0v) is 16.2. The molecule has 126 valence electrons. The molecule has 0 aliphatic heterocycles. The van der Waals surface area contributed by atoms with Gasteiger partial charge in [0.05, 0.1) is 25.8 Å². The standard InChI is InChI=1S/C12H25N3O4S.HI/c1-5-13-12(14-8-6-11(16)19-3)15-10(2)7-9-20(4,17)18;/h10H,5-9H2,1-4H3,(H2,13,14,15);1H. The SMILES string of the molecule is CCNC(=NCCC(=O)OC)NC(C)CCS(C)(=O)=O.I. The fraction of sp³-hybridized carbons (Fsp3) is 0.833. The number of hydrogen-bond acceptors (Lipinski definition) is 5. The second-order valence-corrected chi connectivity index (χ2v) is 6.81. The van der Waals surface area contributed by atoms with E-state index in [2.05, 4.69) is 20.4 Å². The van der Waals surface area contributed by atoms with Gasteiger partial charge in [0.25, 0.3) is 0 Å². The molecule has 0 spiro atoms. The summed E-state index contributed by atoms with van der Waals surface area (Å²) in [4.78, 5) is 15.2. The predicted molar refractivity (Wildman–Crippen MR) is 95.0 cm³/mol. The third-order valence-electron chi connectivity index (χ3n) is 2.46. The highest BCUT2D eigenvalue weighted by atomic mass is 127. The molecule has 21 heavy (non-hydrogen) atoms. The van der Waals surface area contributed by atoms with Crippen molar-refractivity contribution in [1.82, 2.24) is 10.6 Å². The zero-order valence-electron chi connectivity index (χ0n) is 13.0. The van der Waals surface area contributed by atoms with Crippen molar-refractivity contribution >= 4 is 45.7 Å². The lowest BCUT2D eigenvalue weighted by atomic mass is 10.3. The van der Waals surface area contributed by atoms with Gasteiger partial charge in [0.15, 0.2) is 5.96 Å². The molecule has 0 bridgehead atoms. The minimum Gasteiger partial charge on any atom is -0.469 e. The van der Waals surface area contributed by atoms with Crippen LogP contribution >= 0.6 is 24.0 Å². The second kappa shape index (κ2) is 12.0. The summed E-state index contributed by atoms with van der Waals surface area (Å²) in [5, 5.41) is 6.14. The van der Waals surface area contributed by atoms with Crippen LogP contribution in [0.25, 0.3) is 0 Å². The minimum atomic E-state index is -2.96. The Kier molecular flexibility index (Phi) is 13.0. The fourth-order valence-corrected chi connectivity index (χ4v) is 2.16. The summed E-state index contributed by atoms with van der Waals surface area (Å²) in [6.07, 6.45) is 1.93. The van der Waals surface area contributed by atoms with Crippen LogP contribution < -0.4 is 10.6 Å². The van der Waals surface area contributed by atoms with E-state index in [0.717, 1.165) is 0 Å². The van der Waals surface area contributed by atoms with E-state index in [-0.39, 0.29) is 48.2 Å². The Morgan fingerprint density at radius 2 is 2.00 bits per heavy atom. The molecular formula is C12H26IN3O4S.